The molecular formula is C40H45F3N6O8S. The molecule has 0 bridgehead atoms. The second-order valence-electron chi connectivity index (χ2n) is 13.8. The molecule has 1 aromatic heterocycles. The largest absolute Gasteiger partial charge is 0.512 e. The molecule has 310 valence electrons. The SMILES string of the molecule is CC(OC(=O)CCC(=O)N1[C@H](C)CNC[C@@H]1C)OC(=O)O[C@@](Cn1cncn1)(c1ccc(F)cc1F)[C@@H](C)SC1COC(/C=C/C=C/c2ccc(C#N)cc2F)OC1. The summed E-state index contributed by atoms with van der Waals surface area (Å²) < 4.78 is 73.9. The highest BCUT2D eigenvalue weighted by atomic mass is 32.2. The molecule has 2 aliphatic heterocycles. The molecule has 5 atom stereocenters. The lowest BCUT2D eigenvalue weighted by atomic mass is 9.89. The third-order valence-corrected chi connectivity index (χ3v) is 10.9. The molecule has 1 amide bonds. The molecule has 2 fully saturated rings. The number of hydrogen-bond donors (Lipinski definition) is 1. The highest BCUT2D eigenvalue weighted by Crippen LogP contribution is 2.42. The van der Waals surface area contributed by atoms with Crippen LogP contribution in [-0.2, 0) is 45.4 Å². The maximum atomic E-state index is 15.8. The van der Waals surface area contributed by atoms with E-state index >= 15 is 4.39 Å². The van der Waals surface area contributed by atoms with Crippen molar-refractivity contribution in [1.82, 2.24) is 25.0 Å². The topological polar surface area (TPSA) is 167 Å². The number of halogens is 3. The van der Waals surface area contributed by atoms with Crippen molar-refractivity contribution in [2.24, 2.45) is 0 Å². The molecule has 0 spiro atoms. The Hall–Kier alpha value is -5.22. The lowest BCUT2D eigenvalue weighted by Crippen LogP contribution is -2.57. The fourth-order valence-electron chi connectivity index (χ4n) is 6.66. The molecule has 2 saturated heterocycles. The van der Waals surface area contributed by atoms with E-state index in [1.807, 2.05) is 19.9 Å². The van der Waals surface area contributed by atoms with Gasteiger partial charge in [-0.05, 0) is 51.1 Å². The smallest absolute Gasteiger partial charge is 0.425 e. The van der Waals surface area contributed by atoms with Crippen molar-refractivity contribution in [3.63, 3.8) is 0 Å². The molecule has 3 aromatic rings. The molecule has 0 radical (unpaired) electrons. The van der Waals surface area contributed by atoms with Crippen LogP contribution < -0.4 is 5.32 Å². The molecule has 5 rings (SSSR count). The number of amides is 1. The van der Waals surface area contributed by atoms with Gasteiger partial charge in [-0.1, -0.05) is 24.3 Å². The molecule has 0 saturated carbocycles. The van der Waals surface area contributed by atoms with Gasteiger partial charge in [0, 0.05) is 61.0 Å². The van der Waals surface area contributed by atoms with Crippen LogP contribution in [-0.4, -0.2) is 99.2 Å². The fourth-order valence-corrected chi connectivity index (χ4v) is 8.02. The van der Waals surface area contributed by atoms with Crippen LogP contribution in [0, 0.1) is 28.8 Å². The van der Waals surface area contributed by atoms with E-state index in [4.69, 9.17) is 28.9 Å². The normalized spacial score (nSPS) is 21.9. The number of nitrogens with zero attached hydrogens (tertiary/aromatic N) is 5. The Morgan fingerprint density at radius 1 is 1.03 bits per heavy atom. The van der Waals surface area contributed by atoms with E-state index in [9.17, 15) is 23.2 Å². The first kappa shape index (κ1) is 43.9. The summed E-state index contributed by atoms with van der Waals surface area (Å²) in [5, 5.41) is 15.1. The molecule has 2 aromatic carbocycles. The fraction of sp³-hybridized carbons (Fsp3) is 0.450. The van der Waals surface area contributed by atoms with Gasteiger partial charge in [-0.2, -0.15) is 10.4 Å². The van der Waals surface area contributed by atoms with Gasteiger partial charge in [0.25, 0.3) is 0 Å². The van der Waals surface area contributed by atoms with Crippen LogP contribution in [0.1, 0.15) is 57.2 Å². The lowest BCUT2D eigenvalue weighted by molar-refractivity contribution is -0.172. The van der Waals surface area contributed by atoms with Gasteiger partial charge in [-0.3, -0.25) is 9.59 Å². The van der Waals surface area contributed by atoms with Gasteiger partial charge >= 0.3 is 12.1 Å². The maximum Gasteiger partial charge on any atom is 0.512 e. The Morgan fingerprint density at radius 3 is 2.43 bits per heavy atom. The average molecular weight is 827 g/mol. The number of esters is 1. The number of benzene rings is 2. The van der Waals surface area contributed by atoms with Crippen molar-refractivity contribution in [3.05, 3.63) is 101 Å². The van der Waals surface area contributed by atoms with E-state index in [1.54, 1.807) is 30.1 Å². The summed E-state index contributed by atoms with van der Waals surface area (Å²) >= 11 is 1.25. The maximum absolute atomic E-state index is 15.8. The number of allylic oxidation sites excluding steroid dienone is 2. The van der Waals surface area contributed by atoms with E-state index in [1.165, 1.54) is 60.3 Å². The van der Waals surface area contributed by atoms with Crippen molar-refractivity contribution < 1.29 is 51.2 Å². The highest BCUT2D eigenvalue weighted by Gasteiger charge is 2.47. The van der Waals surface area contributed by atoms with Gasteiger partial charge in [-0.25, -0.2) is 27.6 Å². The van der Waals surface area contributed by atoms with Crippen LogP contribution in [0.15, 0.2) is 67.3 Å². The summed E-state index contributed by atoms with van der Waals surface area (Å²) in [6.07, 6.45) is 5.09. The first-order valence-electron chi connectivity index (χ1n) is 18.6. The molecule has 18 heteroatoms. The van der Waals surface area contributed by atoms with Crippen LogP contribution in [0.2, 0.25) is 0 Å². The molecule has 1 N–H and O–H groups in total. The van der Waals surface area contributed by atoms with Crippen molar-refractivity contribution in [1.29, 1.82) is 5.26 Å². The minimum Gasteiger partial charge on any atom is -0.425 e. The number of thioether (sulfide) groups is 1. The van der Waals surface area contributed by atoms with Gasteiger partial charge in [0.1, 0.15) is 30.1 Å². The molecule has 58 heavy (non-hydrogen) atoms. The van der Waals surface area contributed by atoms with E-state index < -0.39 is 53.0 Å². The Labute approximate surface area is 338 Å². The molecule has 1 unspecified atom stereocenters. The van der Waals surface area contributed by atoms with Crippen molar-refractivity contribution in [3.8, 4) is 6.07 Å². The first-order valence-corrected chi connectivity index (χ1v) is 19.5. The number of carbonyl (C=O) groups is 3. The monoisotopic (exact) mass is 826 g/mol. The lowest BCUT2D eigenvalue weighted by Gasteiger charge is -2.40. The predicted molar refractivity (Wildman–Crippen MR) is 205 cm³/mol. The second kappa shape index (κ2) is 20.5. The minimum absolute atomic E-state index is 0.0460. The summed E-state index contributed by atoms with van der Waals surface area (Å²) in [4.78, 5) is 44.8. The molecular weight excluding hydrogens is 782 g/mol. The molecule has 3 heterocycles. The van der Waals surface area contributed by atoms with Crippen molar-refractivity contribution in [2.45, 2.75) is 87.8 Å². The first-order chi connectivity index (χ1) is 27.8. The Kier molecular flexibility index (Phi) is 15.5. The van der Waals surface area contributed by atoms with Crippen LogP contribution >= 0.6 is 11.8 Å². The third kappa shape index (κ3) is 11.7. The Morgan fingerprint density at radius 2 is 1.78 bits per heavy atom. The van der Waals surface area contributed by atoms with E-state index in [0.717, 1.165) is 12.1 Å². The van der Waals surface area contributed by atoms with Crippen LogP contribution in [0.25, 0.3) is 6.08 Å². The average Bonchev–Trinajstić information content (AvgIpc) is 3.69. The summed E-state index contributed by atoms with van der Waals surface area (Å²) in [7, 11) is 0. The van der Waals surface area contributed by atoms with Gasteiger partial charge in [-0.15, -0.1) is 11.8 Å². The van der Waals surface area contributed by atoms with Gasteiger partial charge < -0.3 is 33.9 Å². The summed E-state index contributed by atoms with van der Waals surface area (Å²) in [6.45, 7) is 8.11. The Bertz CT molecular complexity index is 1980. The predicted octanol–water partition coefficient (Wildman–Crippen LogP) is 5.63. The van der Waals surface area contributed by atoms with Crippen molar-refractivity contribution in [2.75, 3.05) is 26.3 Å². The van der Waals surface area contributed by atoms with E-state index in [2.05, 4.69) is 15.4 Å². The number of hydrogen-bond acceptors (Lipinski definition) is 13. The standard InChI is InChI=1S/C40H45F3N6O8S/c1-25-18-45-19-26(2)49(25)36(50)13-14-37(51)55-28(4)56-39(52)57-40(22-48-24-46-23-47-48,33-12-11-31(41)16-35(33)43)27(3)58-32-20-53-38(54-21-32)8-6-5-7-30-10-9-29(17-44)15-34(30)42/h5-12,15-16,23-28,32,38,45H,13-14,18-22H2,1-4H3/b7-5+,8-6+/t25-,26+,27-,28?,32?,38?,40-/m1/s1. The molecule has 0 aliphatic carbocycles. The molecule has 14 nitrogen and oxygen atoms in total. The zero-order chi connectivity index (χ0) is 41.8. The number of carbonyl (C=O) groups excluding carboxylic acids is 3. The van der Waals surface area contributed by atoms with Gasteiger partial charge in [0.2, 0.25) is 12.2 Å². The third-order valence-electron chi connectivity index (χ3n) is 9.47. The van der Waals surface area contributed by atoms with Crippen LogP contribution in [0.3, 0.4) is 0 Å². The number of nitrogens with one attached hydrogen (secondary N) is 1. The van der Waals surface area contributed by atoms with Crippen LogP contribution in [0.5, 0.6) is 0 Å². The number of piperazine rings is 1. The zero-order valence-corrected chi connectivity index (χ0v) is 33.2. The zero-order valence-electron chi connectivity index (χ0n) is 32.4. The second-order valence-corrected chi connectivity index (χ2v) is 15.5. The van der Waals surface area contributed by atoms with E-state index in [0.29, 0.717) is 24.7 Å². The van der Waals surface area contributed by atoms with Gasteiger partial charge in [0.05, 0.1) is 43.1 Å². The number of aromatic nitrogens is 3. The van der Waals surface area contributed by atoms with Crippen LogP contribution in [0.4, 0.5) is 18.0 Å². The summed E-state index contributed by atoms with van der Waals surface area (Å²) in [5.74, 6) is -3.39. The summed E-state index contributed by atoms with van der Waals surface area (Å²) in [5.41, 5.74) is -1.59. The highest BCUT2D eigenvalue weighted by molar-refractivity contribution is 8.00. The quantitative estimate of drug-likeness (QED) is 0.114. The summed E-state index contributed by atoms with van der Waals surface area (Å²) in [6, 6.07) is 8.81. The minimum atomic E-state index is -1.91. The molecule has 2 aliphatic rings. The number of rotatable bonds is 15. The van der Waals surface area contributed by atoms with Crippen molar-refractivity contribution >= 4 is 35.9 Å². The van der Waals surface area contributed by atoms with E-state index in [-0.39, 0.29) is 67.0 Å². The Balaban J connectivity index is 1.25. The van der Waals surface area contributed by atoms with Gasteiger partial charge in [0.15, 0.2) is 11.9 Å². The number of ether oxygens (including phenoxy) is 5. The number of nitriles is 1.